The Morgan fingerprint density at radius 1 is 1.35 bits per heavy atom. The number of hydrogen-bond acceptors (Lipinski definition) is 4. The predicted octanol–water partition coefficient (Wildman–Crippen LogP) is 2.60. The first-order valence-corrected chi connectivity index (χ1v) is 8.76. The van der Waals surface area contributed by atoms with Crippen LogP contribution in [-0.4, -0.2) is 26.1 Å². The summed E-state index contributed by atoms with van der Waals surface area (Å²) in [5.74, 6) is -0.440. The highest BCUT2D eigenvalue weighted by Gasteiger charge is 2.25. The number of rotatable bonds is 2. The molecule has 0 saturated carbocycles. The number of fused-ring (bicyclic) bond motifs is 1. The zero-order chi connectivity index (χ0) is 14.3. The van der Waals surface area contributed by atoms with Gasteiger partial charge in [0.2, 0.25) is 0 Å². The van der Waals surface area contributed by atoms with E-state index >= 15 is 0 Å². The van der Waals surface area contributed by atoms with Crippen LogP contribution < -0.4 is 5.32 Å². The van der Waals surface area contributed by atoms with Crippen LogP contribution >= 0.6 is 22.9 Å². The summed E-state index contributed by atoms with van der Waals surface area (Å²) in [4.78, 5) is 12.6. The minimum absolute atomic E-state index is 0.0960. The van der Waals surface area contributed by atoms with Crippen molar-refractivity contribution >= 4 is 48.8 Å². The molecule has 0 bridgehead atoms. The summed E-state index contributed by atoms with van der Waals surface area (Å²) in [5, 5.41) is 5.05. The highest BCUT2D eigenvalue weighted by Crippen LogP contribution is 2.35. The van der Waals surface area contributed by atoms with Gasteiger partial charge in [-0.05, 0) is 12.1 Å². The second kappa shape index (κ2) is 4.87. The van der Waals surface area contributed by atoms with Gasteiger partial charge in [-0.1, -0.05) is 29.8 Å². The molecule has 0 fully saturated rings. The number of nitrogens with one attached hydrogen (secondary N) is 1. The van der Waals surface area contributed by atoms with E-state index in [9.17, 15) is 13.2 Å². The third kappa shape index (κ3) is 2.46. The van der Waals surface area contributed by atoms with E-state index in [1.54, 1.807) is 0 Å². The molecule has 3 rings (SSSR count). The van der Waals surface area contributed by atoms with Crippen LogP contribution in [0.3, 0.4) is 0 Å². The van der Waals surface area contributed by atoms with Crippen LogP contribution in [-0.2, 0) is 9.84 Å². The van der Waals surface area contributed by atoms with Gasteiger partial charge in [0.25, 0.3) is 5.91 Å². The van der Waals surface area contributed by atoms with Crippen LogP contribution in [0, 0.1) is 0 Å². The van der Waals surface area contributed by atoms with Crippen molar-refractivity contribution in [3.63, 3.8) is 0 Å². The first-order chi connectivity index (χ1) is 9.46. The standard InChI is InChI=1S/C13H10ClNO3S2/c14-11-9-3-1-2-4-10(9)19-12(11)13(16)15-8-5-6-20(17,18)7-8/h1-6,8H,7H2,(H,15,16)/t8-/m1/s1. The monoisotopic (exact) mass is 327 g/mol. The highest BCUT2D eigenvalue weighted by molar-refractivity contribution is 7.94. The molecule has 1 aromatic heterocycles. The molecule has 20 heavy (non-hydrogen) atoms. The molecular weight excluding hydrogens is 318 g/mol. The van der Waals surface area contributed by atoms with E-state index in [2.05, 4.69) is 5.32 Å². The molecule has 4 nitrogen and oxygen atoms in total. The number of benzene rings is 1. The predicted molar refractivity (Wildman–Crippen MR) is 81.0 cm³/mol. The number of carbonyl (C=O) groups excluding carboxylic acids is 1. The summed E-state index contributed by atoms with van der Waals surface area (Å²) >= 11 is 7.50. The molecule has 1 atom stereocenters. The van der Waals surface area contributed by atoms with Gasteiger partial charge < -0.3 is 5.32 Å². The Hall–Kier alpha value is -1.37. The molecule has 0 spiro atoms. The second-order valence-electron chi connectivity index (χ2n) is 4.48. The van der Waals surface area contributed by atoms with Crippen LogP contribution in [0.1, 0.15) is 9.67 Å². The molecule has 0 radical (unpaired) electrons. The minimum Gasteiger partial charge on any atom is -0.344 e. The third-order valence-electron chi connectivity index (χ3n) is 2.99. The van der Waals surface area contributed by atoms with E-state index in [4.69, 9.17) is 11.6 Å². The van der Waals surface area contributed by atoms with E-state index < -0.39 is 15.9 Å². The molecular formula is C13H10ClNO3S2. The maximum atomic E-state index is 12.2. The van der Waals surface area contributed by atoms with Crippen LogP contribution in [0.15, 0.2) is 35.7 Å². The number of thiophene rings is 1. The van der Waals surface area contributed by atoms with Crippen molar-refractivity contribution in [3.05, 3.63) is 45.6 Å². The fraction of sp³-hybridized carbons (Fsp3) is 0.154. The largest absolute Gasteiger partial charge is 0.344 e. The first kappa shape index (κ1) is 13.6. The van der Waals surface area contributed by atoms with Gasteiger partial charge in [-0.25, -0.2) is 8.42 Å². The Labute approximate surface area is 125 Å². The van der Waals surface area contributed by atoms with Crippen LogP contribution in [0.2, 0.25) is 5.02 Å². The van der Waals surface area contributed by atoms with Gasteiger partial charge >= 0.3 is 0 Å². The zero-order valence-electron chi connectivity index (χ0n) is 10.2. The minimum atomic E-state index is -3.18. The van der Waals surface area contributed by atoms with Crippen LogP contribution in [0.5, 0.6) is 0 Å². The molecule has 1 aliphatic heterocycles. The van der Waals surface area contributed by atoms with Crippen molar-refractivity contribution in [2.45, 2.75) is 6.04 Å². The Morgan fingerprint density at radius 3 is 2.75 bits per heavy atom. The number of carbonyl (C=O) groups is 1. The quantitative estimate of drug-likeness (QED) is 0.922. The van der Waals surface area contributed by atoms with Crippen molar-refractivity contribution < 1.29 is 13.2 Å². The summed E-state index contributed by atoms with van der Waals surface area (Å²) in [6, 6.07) is 6.99. The average Bonchev–Trinajstić information content (AvgIpc) is 2.91. The van der Waals surface area contributed by atoms with E-state index in [-0.39, 0.29) is 11.7 Å². The van der Waals surface area contributed by atoms with E-state index in [0.29, 0.717) is 9.90 Å². The summed E-state index contributed by atoms with van der Waals surface area (Å²) < 4.78 is 23.5. The molecule has 0 aliphatic carbocycles. The molecule has 1 aromatic carbocycles. The average molecular weight is 328 g/mol. The van der Waals surface area contributed by atoms with Gasteiger partial charge in [-0.15, -0.1) is 11.3 Å². The Morgan fingerprint density at radius 2 is 2.10 bits per heavy atom. The molecule has 0 saturated heterocycles. The molecule has 7 heteroatoms. The van der Waals surface area contributed by atoms with Gasteiger partial charge in [0.1, 0.15) is 4.88 Å². The maximum Gasteiger partial charge on any atom is 0.263 e. The van der Waals surface area contributed by atoms with Crippen molar-refractivity contribution in [1.29, 1.82) is 0 Å². The molecule has 104 valence electrons. The van der Waals surface area contributed by atoms with E-state index in [0.717, 1.165) is 15.5 Å². The second-order valence-corrected chi connectivity index (χ2v) is 7.84. The van der Waals surface area contributed by atoms with Gasteiger partial charge in [-0.2, -0.15) is 0 Å². The summed E-state index contributed by atoms with van der Waals surface area (Å²) in [5.41, 5.74) is 0. The van der Waals surface area contributed by atoms with Crippen LogP contribution in [0.4, 0.5) is 0 Å². The molecule has 0 unspecified atom stereocenters. The molecule has 1 aliphatic rings. The van der Waals surface area contributed by atoms with Crippen molar-refractivity contribution in [2.24, 2.45) is 0 Å². The SMILES string of the molecule is O=C(N[C@@H]1C=CS(=O)(=O)C1)c1sc2ccccc2c1Cl. The Bertz CT molecular complexity index is 823. The third-order valence-corrected chi connectivity index (χ3v) is 6.06. The van der Waals surface area contributed by atoms with E-state index in [1.807, 2.05) is 24.3 Å². The lowest BCUT2D eigenvalue weighted by Crippen LogP contribution is -2.35. The van der Waals surface area contributed by atoms with Gasteiger partial charge in [0.15, 0.2) is 9.84 Å². The number of amides is 1. The van der Waals surface area contributed by atoms with Crippen molar-refractivity contribution in [1.82, 2.24) is 5.32 Å². The van der Waals surface area contributed by atoms with Crippen LogP contribution in [0.25, 0.3) is 10.1 Å². The molecule has 1 N–H and O–H groups in total. The normalized spacial score (nSPS) is 20.4. The van der Waals surface area contributed by atoms with Gasteiger partial charge in [0, 0.05) is 15.5 Å². The molecule has 1 amide bonds. The van der Waals surface area contributed by atoms with E-state index in [1.165, 1.54) is 17.4 Å². The summed E-state index contributed by atoms with van der Waals surface area (Å²) in [7, 11) is -3.18. The number of sulfone groups is 1. The fourth-order valence-corrected chi connectivity index (χ4v) is 4.72. The van der Waals surface area contributed by atoms with Gasteiger partial charge in [0.05, 0.1) is 16.8 Å². The maximum absolute atomic E-state index is 12.2. The number of halogens is 1. The first-order valence-electron chi connectivity index (χ1n) is 5.85. The lowest BCUT2D eigenvalue weighted by atomic mass is 10.2. The summed E-state index contributed by atoms with van der Waals surface area (Å²) in [6.45, 7) is 0. The highest BCUT2D eigenvalue weighted by atomic mass is 35.5. The lowest BCUT2D eigenvalue weighted by Gasteiger charge is -2.08. The smallest absolute Gasteiger partial charge is 0.263 e. The van der Waals surface area contributed by atoms with Gasteiger partial charge in [-0.3, -0.25) is 4.79 Å². The Balaban J connectivity index is 1.87. The fourth-order valence-electron chi connectivity index (χ4n) is 2.06. The molecule has 2 heterocycles. The Kier molecular flexibility index (Phi) is 3.32. The zero-order valence-corrected chi connectivity index (χ0v) is 12.6. The number of hydrogen-bond donors (Lipinski definition) is 1. The molecule has 2 aromatic rings. The van der Waals surface area contributed by atoms with Crippen molar-refractivity contribution in [3.8, 4) is 0 Å². The lowest BCUT2D eigenvalue weighted by molar-refractivity contribution is 0.0952. The summed E-state index contributed by atoms with van der Waals surface area (Å²) in [6.07, 6.45) is 1.48. The van der Waals surface area contributed by atoms with Crippen molar-refractivity contribution in [2.75, 3.05) is 5.75 Å². The topological polar surface area (TPSA) is 63.2 Å².